The Hall–Kier alpha value is -1.06. The number of nitrogens with one attached hydrogen (secondary N) is 2. The topological polar surface area (TPSA) is 27.3 Å². The van der Waals surface area contributed by atoms with Crippen molar-refractivity contribution in [3.05, 3.63) is 29.3 Å². The molecule has 2 rings (SSSR count). The molecule has 16 heavy (non-hydrogen) atoms. The van der Waals surface area contributed by atoms with E-state index < -0.39 is 0 Å². The highest BCUT2D eigenvalue weighted by molar-refractivity contribution is 5.52. The molecule has 0 radical (unpaired) electrons. The minimum atomic E-state index is 1.06. The van der Waals surface area contributed by atoms with Gasteiger partial charge in [-0.2, -0.15) is 0 Å². The van der Waals surface area contributed by atoms with Crippen LogP contribution in [0.5, 0.6) is 0 Å². The van der Waals surface area contributed by atoms with Gasteiger partial charge in [0.15, 0.2) is 0 Å². The van der Waals surface area contributed by atoms with E-state index in [9.17, 15) is 0 Å². The van der Waals surface area contributed by atoms with Crippen LogP contribution in [0.4, 0.5) is 5.69 Å². The van der Waals surface area contributed by atoms with Gasteiger partial charge in [0.05, 0.1) is 0 Å². The van der Waals surface area contributed by atoms with Gasteiger partial charge in [-0.3, -0.25) is 4.90 Å². The van der Waals surface area contributed by atoms with E-state index in [-0.39, 0.29) is 0 Å². The molecule has 1 aliphatic heterocycles. The van der Waals surface area contributed by atoms with Crippen molar-refractivity contribution in [2.24, 2.45) is 0 Å². The van der Waals surface area contributed by atoms with Crippen molar-refractivity contribution < 1.29 is 0 Å². The molecule has 3 nitrogen and oxygen atoms in total. The highest BCUT2D eigenvalue weighted by atomic mass is 15.2. The number of benzene rings is 1. The van der Waals surface area contributed by atoms with Crippen molar-refractivity contribution in [1.82, 2.24) is 10.2 Å². The minimum Gasteiger partial charge on any atom is -0.388 e. The van der Waals surface area contributed by atoms with Crippen LogP contribution >= 0.6 is 0 Å². The normalized spacial score (nSPS) is 17.4. The van der Waals surface area contributed by atoms with Crippen molar-refractivity contribution in [2.75, 3.05) is 38.5 Å². The molecule has 88 valence electrons. The molecule has 1 heterocycles. The molecule has 0 amide bonds. The molecule has 1 saturated heterocycles. The fourth-order valence-corrected chi connectivity index (χ4v) is 2.21. The molecule has 1 fully saturated rings. The third kappa shape index (κ3) is 2.74. The van der Waals surface area contributed by atoms with Gasteiger partial charge < -0.3 is 10.6 Å². The molecule has 0 spiro atoms. The van der Waals surface area contributed by atoms with Gasteiger partial charge >= 0.3 is 0 Å². The monoisotopic (exact) mass is 219 g/mol. The summed E-state index contributed by atoms with van der Waals surface area (Å²) in [5.41, 5.74) is 4.00. The van der Waals surface area contributed by atoms with Crippen molar-refractivity contribution in [3.63, 3.8) is 0 Å². The lowest BCUT2D eigenvalue weighted by Crippen LogP contribution is -2.42. The fourth-order valence-electron chi connectivity index (χ4n) is 2.21. The van der Waals surface area contributed by atoms with Crippen LogP contribution in [-0.2, 0) is 6.54 Å². The molecule has 0 saturated carbocycles. The summed E-state index contributed by atoms with van der Waals surface area (Å²) in [6.07, 6.45) is 0. The Morgan fingerprint density at radius 3 is 2.75 bits per heavy atom. The first kappa shape index (κ1) is 11.4. The van der Waals surface area contributed by atoms with Gasteiger partial charge in [0.2, 0.25) is 0 Å². The first-order valence-electron chi connectivity index (χ1n) is 6.00. The van der Waals surface area contributed by atoms with Crippen molar-refractivity contribution >= 4 is 5.69 Å². The summed E-state index contributed by atoms with van der Waals surface area (Å²) in [6, 6.07) is 6.62. The van der Waals surface area contributed by atoms with E-state index >= 15 is 0 Å². The van der Waals surface area contributed by atoms with E-state index in [2.05, 4.69) is 40.7 Å². The summed E-state index contributed by atoms with van der Waals surface area (Å²) in [7, 11) is 1.99. The first-order valence-corrected chi connectivity index (χ1v) is 6.00. The van der Waals surface area contributed by atoms with Crippen LogP contribution in [0.1, 0.15) is 11.1 Å². The third-order valence-electron chi connectivity index (χ3n) is 3.13. The summed E-state index contributed by atoms with van der Waals surface area (Å²) < 4.78 is 0. The second-order valence-corrected chi connectivity index (χ2v) is 4.44. The number of rotatable bonds is 3. The Labute approximate surface area is 97.8 Å². The lowest BCUT2D eigenvalue weighted by Gasteiger charge is -2.28. The summed E-state index contributed by atoms with van der Waals surface area (Å²) >= 11 is 0. The van der Waals surface area contributed by atoms with E-state index in [4.69, 9.17) is 0 Å². The summed E-state index contributed by atoms with van der Waals surface area (Å²) in [4.78, 5) is 2.51. The number of nitrogens with zero attached hydrogens (tertiary/aromatic N) is 1. The number of hydrogen-bond acceptors (Lipinski definition) is 3. The number of hydrogen-bond donors (Lipinski definition) is 2. The standard InChI is InChI=1S/C13H21N3/c1-11-3-4-13(14-2)12(9-11)10-16-7-5-15-6-8-16/h3-4,9,14-15H,5-8,10H2,1-2H3. The highest BCUT2D eigenvalue weighted by Gasteiger charge is 2.11. The Balaban J connectivity index is 2.09. The zero-order valence-electron chi connectivity index (χ0n) is 10.2. The second-order valence-electron chi connectivity index (χ2n) is 4.44. The molecule has 3 heteroatoms. The Morgan fingerprint density at radius 2 is 2.06 bits per heavy atom. The number of piperazine rings is 1. The molecule has 0 aromatic heterocycles. The molecular formula is C13H21N3. The van der Waals surface area contributed by atoms with Crippen molar-refractivity contribution in [1.29, 1.82) is 0 Å². The predicted octanol–water partition coefficient (Wildman–Crippen LogP) is 1.44. The zero-order chi connectivity index (χ0) is 11.4. The molecule has 1 aromatic rings. The molecule has 0 aliphatic carbocycles. The van der Waals surface area contributed by atoms with Crippen molar-refractivity contribution in [3.8, 4) is 0 Å². The van der Waals surface area contributed by atoms with Gasteiger partial charge in [0.1, 0.15) is 0 Å². The number of anilines is 1. The van der Waals surface area contributed by atoms with Crippen LogP contribution in [0, 0.1) is 6.92 Å². The average Bonchev–Trinajstić information content (AvgIpc) is 2.31. The van der Waals surface area contributed by atoms with E-state index in [1.807, 2.05) is 7.05 Å². The zero-order valence-corrected chi connectivity index (χ0v) is 10.2. The molecule has 0 unspecified atom stereocenters. The van der Waals surface area contributed by atoms with Gasteiger partial charge in [-0.05, 0) is 18.6 Å². The van der Waals surface area contributed by atoms with Crippen LogP contribution in [0.25, 0.3) is 0 Å². The number of aryl methyl sites for hydroxylation is 1. The van der Waals surface area contributed by atoms with Gasteiger partial charge in [0.25, 0.3) is 0 Å². The molecular weight excluding hydrogens is 198 g/mol. The van der Waals surface area contributed by atoms with Gasteiger partial charge in [-0.25, -0.2) is 0 Å². The smallest absolute Gasteiger partial charge is 0.0383 e. The average molecular weight is 219 g/mol. The van der Waals surface area contributed by atoms with E-state index in [0.29, 0.717) is 0 Å². The maximum atomic E-state index is 3.38. The SMILES string of the molecule is CNc1ccc(C)cc1CN1CCNCC1. The van der Waals surface area contributed by atoms with E-state index in [0.717, 1.165) is 32.7 Å². The third-order valence-corrected chi connectivity index (χ3v) is 3.13. The highest BCUT2D eigenvalue weighted by Crippen LogP contribution is 2.18. The fraction of sp³-hybridized carbons (Fsp3) is 0.538. The Bertz CT molecular complexity index is 343. The molecule has 1 aliphatic rings. The first-order chi connectivity index (χ1) is 7.79. The lowest BCUT2D eigenvalue weighted by molar-refractivity contribution is 0.233. The Kier molecular flexibility index (Phi) is 3.80. The molecule has 2 N–H and O–H groups in total. The molecule has 0 bridgehead atoms. The van der Waals surface area contributed by atoms with Gasteiger partial charge in [-0.1, -0.05) is 17.7 Å². The minimum absolute atomic E-state index is 1.06. The van der Waals surface area contributed by atoms with Crippen molar-refractivity contribution in [2.45, 2.75) is 13.5 Å². The maximum Gasteiger partial charge on any atom is 0.0383 e. The largest absolute Gasteiger partial charge is 0.388 e. The van der Waals surface area contributed by atoms with Gasteiger partial charge in [0, 0.05) is 45.5 Å². The van der Waals surface area contributed by atoms with Crippen LogP contribution in [0.3, 0.4) is 0 Å². The van der Waals surface area contributed by atoms with Crippen LogP contribution in [0.15, 0.2) is 18.2 Å². The summed E-state index contributed by atoms with van der Waals surface area (Å²) in [6.45, 7) is 7.73. The predicted molar refractivity (Wildman–Crippen MR) is 68.9 cm³/mol. The quantitative estimate of drug-likeness (QED) is 0.805. The lowest BCUT2D eigenvalue weighted by atomic mass is 10.1. The van der Waals surface area contributed by atoms with E-state index in [1.165, 1.54) is 16.8 Å². The van der Waals surface area contributed by atoms with Gasteiger partial charge in [-0.15, -0.1) is 0 Å². The van der Waals surface area contributed by atoms with Crippen LogP contribution < -0.4 is 10.6 Å². The van der Waals surface area contributed by atoms with Crippen LogP contribution in [0.2, 0.25) is 0 Å². The Morgan fingerprint density at radius 1 is 1.31 bits per heavy atom. The molecule has 1 aromatic carbocycles. The summed E-state index contributed by atoms with van der Waals surface area (Å²) in [5, 5.41) is 6.65. The molecule has 0 atom stereocenters. The van der Waals surface area contributed by atoms with Crippen LogP contribution in [-0.4, -0.2) is 38.1 Å². The van der Waals surface area contributed by atoms with E-state index in [1.54, 1.807) is 0 Å². The summed E-state index contributed by atoms with van der Waals surface area (Å²) in [5.74, 6) is 0. The maximum absolute atomic E-state index is 3.38. The second kappa shape index (κ2) is 5.32.